The summed E-state index contributed by atoms with van der Waals surface area (Å²) in [5.74, 6) is 0.0978. The summed E-state index contributed by atoms with van der Waals surface area (Å²) in [5, 5.41) is 21.3. The average Bonchev–Trinajstić information content (AvgIpc) is 2.87. The van der Waals surface area contributed by atoms with Gasteiger partial charge in [-0.3, -0.25) is 10.1 Å². The summed E-state index contributed by atoms with van der Waals surface area (Å²) in [6, 6.07) is 0. The van der Waals surface area contributed by atoms with Crippen molar-refractivity contribution in [1.82, 2.24) is 25.6 Å². The van der Waals surface area contributed by atoms with E-state index in [1.54, 1.807) is 0 Å². The first kappa shape index (κ1) is 12.4. The van der Waals surface area contributed by atoms with Crippen LogP contribution in [-0.4, -0.2) is 31.5 Å². The Bertz CT molecular complexity index is 547. The zero-order valence-corrected chi connectivity index (χ0v) is 10.8. The van der Waals surface area contributed by atoms with Crippen LogP contribution in [0.15, 0.2) is 0 Å². The van der Waals surface area contributed by atoms with E-state index in [4.69, 9.17) is 5.73 Å². The number of nitrogens with one attached hydrogen (secondary N) is 2. The highest BCUT2D eigenvalue weighted by atomic mass is 32.1. The Hall–Kier alpha value is -2.03. The molecular formula is C9H13N7OS. The number of amides is 1. The molecule has 18 heavy (non-hydrogen) atoms. The number of aromatic nitrogens is 5. The molecule has 0 unspecified atom stereocenters. The summed E-state index contributed by atoms with van der Waals surface area (Å²) in [6.07, 6.45) is 0.833. The second-order valence-corrected chi connectivity index (χ2v) is 5.17. The molecule has 0 aromatic carbocycles. The van der Waals surface area contributed by atoms with Crippen LogP contribution in [0.1, 0.15) is 29.3 Å². The minimum atomic E-state index is -0.450. The monoisotopic (exact) mass is 267 g/mol. The molecule has 0 saturated carbocycles. The number of H-pyrrole nitrogens is 1. The Labute approximate surface area is 107 Å². The third-order valence-electron chi connectivity index (χ3n) is 2.06. The molecule has 2 aromatic heterocycles. The molecule has 96 valence electrons. The number of carbonyl (C=O) groups excluding carboxylic acids is 1. The maximum Gasteiger partial charge on any atom is 0.281 e. The molecule has 0 radical (unpaired) electrons. The summed E-state index contributed by atoms with van der Waals surface area (Å²) < 4.78 is 0. The van der Waals surface area contributed by atoms with Gasteiger partial charge in [0.05, 0.1) is 0 Å². The van der Waals surface area contributed by atoms with E-state index in [0.717, 1.165) is 11.4 Å². The summed E-state index contributed by atoms with van der Waals surface area (Å²) in [7, 11) is 0. The van der Waals surface area contributed by atoms with Gasteiger partial charge in [0.1, 0.15) is 5.01 Å². The van der Waals surface area contributed by atoms with Crippen LogP contribution >= 0.6 is 11.3 Å². The van der Waals surface area contributed by atoms with Gasteiger partial charge in [0.25, 0.3) is 5.91 Å². The molecule has 0 aliphatic heterocycles. The number of hydrogen-bond donors (Lipinski definition) is 3. The van der Waals surface area contributed by atoms with E-state index in [2.05, 4.69) is 44.8 Å². The van der Waals surface area contributed by atoms with Crippen LogP contribution in [0.25, 0.3) is 0 Å². The van der Waals surface area contributed by atoms with Crippen LogP contribution in [0.5, 0.6) is 0 Å². The fourth-order valence-electron chi connectivity index (χ4n) is 1.30. The zero-order chi connectivity index (χ0) is 13.1. The number of anilines is 2. The van der Waals surface area contributed by atoms with Gasteiger partial charge in [0.2, 0.25) is 5.13 Å². The minimum absolute atomic E-state index is 0.0515. The third-order valence-corrected chi connectivity index (χ3v) is 2.92. The molecule has 2 rings (SSSR count). The van der Waals surface area contributed by atoms with Gasteiger partial charge in [-0.2, -0.15) is 5.21 Å². The van der Waals surface area contributed by atoms with E-state index in [1.165, 1.54) is 11.3 Å². The molecule has 1 amide bonds. The van der Waals surface area contributed by atoms with Crippen molar-refractivity contribution >= 4 is 28.2 Å². The highest BCUT2D eigenvalue weighted by Crippen LogP contribution is 2.19. The molecule has 2 heterocycles. The molecule has 4 N–H and O–H groups in total. The Kier molecular flexibility index (Phi) is 3.51. The number of carbonyl (C=O) groups is 1. The van der Waals surface area contributed by atoms with Crippen molar-refractivity contribution in [3.05, 3.63) is 10.7 Å². The molecule has 2 aromatic rings. The van der Waals surface area contributed by atoms with Crippen LogP contribution in [0.2, 0.25) is 0 Å². The van der Waals surface area contributed by atoms with E-state index in [-0.39, 0.29) is 11.5 Å². The van der Waals surface area contributed by atoms with Gasteiger partial charge in [-0.25, -0.2) is 0 Å². The third kappa shape index (κ3) is 2.80. The fourth-order valence-corrected chi connectivity index (χ4v) is 2.25. The van der Waals surface area contributed by atoms with Crippen LogP contribution in [0.4, 0.5) is 10.9 Å². The van der Waals surface area contributed by atoms with Crippen molar-refractivity contribution < 1.29 is 4.79 Å². The van der Waals surface area contributed by atoms with E-state index < -0.39 is 5.91 Å². The first-order valence-corrected chi connectivity index (χ1v) is 6.18. The largest absolute Gasteiger partial charge is 0.380 e. The van der Waals surface area contributed by atoms with Gasteiger partial charge in [-0.15, -0.1) is 20.4 Å². The predicted molar refractivity (Wildman–Crippen MR) is 67.2 cm³/mol. The lowest BCUT2D eigenvalue weighted by Crippen LogP contribution is -2.14. The second kappa shape index (κ2) is 5.08. The minimum Gasteiger partial charge on any atom is -0.380 e. The van der Waals surface area contributed by atoms with E-state index in [1.807, 2.05) is 0 Å². The van der Waals surface area contributed by atoms with Gasteiger partial charge in [0, 0.05) is 6.42 Å². The smallest absolute Gasteiger partial charge is 0.281 e. The summed E-state index contributed by atoms with van der Waals surface area (Å²) in [4.78, 5) is 11.8. The lowest BCUT2D eigenvalue weighted by Gasteiger charge is -1.98. The van der Waals surface area contributed by atoms with Gasteiger partial charge in [-0.1, -0.05) is 25.2 Å². The maximum absolute atomic E-state index is 11.8. The summed E-state index contributed by atoms with van der Waals surface area (Å²) in [5.41, 5.74) is 5.52. The molecule has 9 heteroatoms. The van der Waals surface area contributed by atoms with Gasteiger partial charge in [0.15, 0.2) is 11.5 Å². The van der Waals surface area contributed by atoms with Crippen LogP contribution in [-0.2, 0) is 6.42 Å². The predicted octanol–water partition coefficient (Wildman–Crippen LogP) is 0.689. The van der Waals surface area contributed by atoms with Crippen molar-refractivity contribution in [3.8, 4) is 0 Å². The fraction of sp³-hybridized carbons (Fsp3) is 0.444. The molecule has 0 fully saturated rings. The van der Waals surface area contributed by atoms with Gasteiger partial charge in [-0.05, 0) is 5.92 Å². The second-order valence-electron chi connectivity index (χ2n) is 4.11. The number of nitrogens with two attached hydrogens (primary N) is 1. The Morgan fingerprint density at radius 1 is 1.44 bits per heavy atom. The Morgan fingerprint density at radius 2 is 2.22 bits per heavy atom. The van der Waals surface area contributed by atoms with Crippen molar-refractivity contribution in [2.24, 2.45) is 5.92 Å². The first-order chi connectivity index (χ1) is 8.56. The van der Waals surface area contributed by atoms with E-state index >= 15 is 0 Å². The molecule has 0 saturated heterocycles. The van der Waals surface area contributed by atoms with Crippen molar-refractivity contribution in [3.63, 3.8) is 0 Å². The quantitative estimate of drug-likeness (QED) is 0.749. The average molecular weight is 267 g/mol. The maximum atomic E-state index is 11.8. The Morgan fingerprint density at radius 3 is 2.83 bits per heavy atom. The number of nitrogens with zero attached hydrogens (tertiary/aromatic N) is 4. The number of nitrogen functional groups attached to an aromatic ring is 1. The number of hydrogen-bond acceptors (Lipinski definition) is 7. The van der Waals surface area contributed by atoms with Crippen LogP contribution in [0.3, 0.4) is 0 Å². The molecule has 0 atom stereocenters. The SMILES string of the molecule is CC(C)Cc1nnc(NC(=O)c2n[nH]nc2N)s1. The normalized spacial score (nSPS) is 10.8. The van der Waals surface area contributed by atoms with Gasteiger partial charge < -0.3 is 5.73 Å². The summed E-state index contributed by atoms with van der Waals surface area (Å²) in [6.45, 7) is 4.19. The highest BCUT2D eigenvalue weighted by molar-refractivity contribution is 7.15. The summed E-state index contributed by atoms with van der Waals surface area (Å²) >= 11 is 1.34. The standard InChI is InChI=1S/C9H13N7OS/c1-4(2)3-5-12-15-9(18-5)11-8(17)6-7(10)14-16-13-6/h4H,3H2,1-2H3,(H,11,15,17)(H3,10,13,14,16). The van der Waals surface area contributed by atoms with E-state index in [9.17, 15) is 4.79 Å². The topological polar surface area (TPSA) is 122 Å². The molecular weight excluding hydrogens is 254 g/mol. The van der Waals surface area contributed by atoms with Crippen molar-refractivity contribution in [2.45, 2.75) is 20.3 Å². The van der Waals surface area contributed by atoms with Crippen molar-refractivity contribution in [2.75, 3.05) is 11.1 Å². The first-order valence-electron chi connectivity index (χ1n) is 5.36. The Balaban J connectivity index is 2.04. The number of rotatable bonds is 4. The van der Waals surface area contributed by atoms with Crippen LogP contribution < -0.4 is 11.1 Å². The lowest BCUT2D eigenvalue weighted by molar-refractivity contribution is 0.102. The van der Waals surface area contributed by atoms with Gasteiger partial charge >= 0.3 is 0 Å². The number of aromatic amines is 1. The van der Waals surface area contributed by atoms with Crippen LogP contribution in [0, 0.1) is 5.92 Å². The molecule has 0 aliphatic rings. The highest BCUT2D eigenvalue weighted by Gasteiger charge is 2.16. The zero-order valence-electron chi connectivity index (χ0n) is 9.97. The lowest BCUT2D eigenvalue weighted by atomic mass is 10.1. The van der Waals surface area contributed by atoms with Crippen molar-refractivity contribution in [1.29, 1.82) is 0 Å². The molecule has 8 nitrogen and oxygen atoms in total. The molecule has 0 bridgehead atoms. The molecule has 0 aliphatic carbocycles. The molecule has 0 spiro atoms. The van der Waals surface area contributed by atoms with E-state index in [0.29, 0.717) is 11.0 Å².